The molecule has 0 aliphatic carbocycles. The largest absolute Gasteiger partial charge is 0.424 e. The third-order valence-corrected chi connectivity index (χ3v) is 3.89. The van der Waals surface area contributed by atoms with Gasteiger partial charge in [-0.1, -0.05) is 11.6 Å². The number of benzene rings is 1. The zero-order valence-electron chi connectivity index (χ0n) is 14.5. The van der Waals surface area contributed by atoms with Gasteiger partial charge in [-0.05, 0) is 38.5 Å². The average molecular weight is 324 g/mol. The molecule has 2 heterocycles. The lowest BCUT2D eigenvalue weighted by Crippen LogP contribution is -2.26. The van der Waals surface area contributed by atoms with Gasteiger partial charge in [0, 0.05) is 25.1 Å². The number of nitrogens with zero attached hydrogens (tertiary/aromatic N) is 4. The van der Waals surface area contributed by atoms with E-state index in [0.29, 0.717) is 17.3 Å². The van der Waals surface area contributed by atoms with Crippen molar-refractivity contribution in [2.24, 2.45) is 0 Å². The molecule has 0 unspecified atom stereocenters. The van der Waals surface area contributed by atoms with Crippen LogP contribution in [0.4, 0.5) is 0 Å². The maximum Gasteiger partial charge on any atom is 0.254 e. The van der Waals surface area contributed by atoms with E-state index in [1.54, 1.807) is 18.9 Å². The molecule has 6 nitrogen and oxygen atoms in total. The van der Waals surface area contributed by atoms with E-state index in [-0.39, 0.29) is 12.5 Å². The molecule has 6 heteroatoms. The highest BCUT2D eigenvalue weighted by molar-refractivity contribution is 6.06. The van der Waals surface area contributed by atoms with Crippen LogP contribution >= 0.6 is 0 Å². The molecule has 24 heavy (non-hydrogen) atoms. The van der Waals surface area contributed by atoms with Gasteiger partial charge in [0.25, 0.3) is 5.91 Å². The SMILES string of the molecule is Cc1cc(C)c2nc(C)cc(C(=O)N(C)Cc3nnc(C)o3)c2c1. The fraction of sp³-hybridized carbons (Fsp3) is 0.333. The van der Waals surface area contributed by atoms with E-state index in [4.69, 9.17) is 4.42 Å². The van der Waals surface area contributed by atoms with Gasteiger partial charge in [-0.2, -0.15) is 0 Å². The highest BCUT2D eigenvalue weighted by atomic mass is 16.4. The minimum Gasteiger partial charge on any atom is -0.424 e. The summed E-state index contributed by atoms with van der Waals surface area (Å²) in [5, 5.41) is 8.61. The van der Waals surface area contributed by atoms with E-state index in [2.05, 4.69) is 21.2 Å². The van der Waals surface area contributed by atoms with Crippen LogP contribution < -0.4 is 0 Å². The van der Waals surface area contributed by atoms with E-state index in [1.807, 2.05) is 32.9 Å². The summed E-state index contributed by atoms with van der Waals surface area (Å²) in [4.78, 5) is 19.1. The average Bonchev–Trinajstić information content (AvgIpc) is 2.91. The predicted molar refractivity (Wildman–Crippen MR) is 90.8 cm³/mol. The molecular formula is C18H20N4O2. The number of fused-ring (bicyclic) bond motifs is 1. The number of hydrogen-bond acceptors (Lipinski definition) is 5. The summed E-state index contributed by atoms with van der Waals surface area (Å²) in [6.45, 7) is 7.93. The van der Waals surface area contributed by atoms with Crippen LogP contribution in [0.3, 0.4) is 0 Å². The highest BCUT2D eigenvalue weighted by Gasteiger charge is 2.19. The second-order valence-electron chi connectivity index (χ2n) is 6.17. The molecule has 1 amide bonds. The van der Waals surface area contributed by atoms with Crippen LogP contribution in [0.2, 0.25) is 0 Å². The first-order valence-electron chi connectivity index (χ1n) is 7.78. The number of rotatable bonds is 3. The van der Waals surface area contributed by atoms with Crippen molar-refractivity contribution in [2.75, 3.05) is 7.05 Å². The smallest absolute Gasteiger partial charge is 0.254 e. The number of amides is 1. The van der Waals surface area contributed by atoms with E-state index < -0.39 is 0 Å². The molecule has 0 aliphatic heterocycles. The Labute approximate surface area is 140 Å². The summed E-state index contributed by atoms with van der Waals surface area (Å²) < 4.78 is 5.36. The van der Waals surface area contributed by atoms with E-state index in [0.717, 1.165) is 27.7 Å². The first-order valence-corrected chi connectivity index (χ1v) is 7.78. The Balaban J connectivity index is 2.02. The number of hydrogen-bond donors (Lipinski definition) is 0. The Bertz CT molecular complexity index is 930. The molecule has 0 atom stereocenters. The third-order valence-electron chi connectivity index (χ3n) is 3.89. The van der Waals surface area contributed by atoms with Crippen molar-refractivity contribution in [3.63, 3.8) is 0 Å². The number of pyridine rings is 1. The molecule has 0 radical (unpaired) electrons. The van der Waals surface area contributed by atoms with Gasteiger partial charge < -0.3 is 9.32 Å². The molecule has 0 spiro atoms. The fourth-order valence-corrected chi connectivity index (χ4v) is 2.87. The van der Waals surface area contributed by atoms with Crippen LogP contribution in [0.1, 0.15) is 39.0 Å². The summed E-state index contributed by atoms with van der Waals surface area (Å²) in [5.41, 5.74) is 4.50. The Morgan fingerprint density at radius 2 is 1.88 bits per heavy atom. The number of carbonyl (C=O) groups excluding carboxylic acids is 1. The zero-order valence-corrected chi connectivity index (χ0v) is 14.5. The second-order valence-corrected chi connectivity index (χ2v) is 6.17. The summed E-state index contributed by atoms with van der Waals surface area (Å²) in [5.74, 6) is 0.819. The number of carbonyl (C=O) groups is 1. The number of aryl methyl sites for hydroxylation is 4. The second kappa shape index (κ2) is 6.03. The van der Waals surface area contributed by atoms with Crippen LogP contribution in [0.25, 0.3) is 10.9 Å². The van der Waals surface area contributed by atoms with E-state index >= 15 is 0 Å². The molecule has 1 aromatic carbocycles. The van der Waals surface area contributed by atoms with Crippen molar-refractivity contribution in [3.8, 4) is 0 Å². The molecule has 3 aromatic rings. The van der Waals surface area contributed by atoms with Gasteiger partial charge in [0.1, 0.15) is 0 Å². The van der Waals surface area contributed by atoms with Crippen molar-refractivity contribution >= 4 is 16.8 Å². The lowest BCUT2D eigenvalue weighted by atomic mass is 10.0. The van der Waals surface area contributed by atoms with Gasteiger partial charge in [-0.15, -0.1) is 10.2 Å². The van der Waals surface area contributed by atoms with Crippen LogP contribution in [0.15, 0.2) is 22.6 Å². The molecule has 0 bridgehead atoms. The Morgan fingerprint density at radius 1 is 1.12 bits per heavy atom. The van der Waals surface area contributed by atoms with E-state index in [9.17, 15) is 4.79 Å². The Kier molecular flexibility index (Phi) is 4.05. The first-order chi connectivity index (χ1) is 11.3. The van der Waals surface area contributed by atoms with Gasteiger partial charge in [0.2, 0.25) is 11.8 Å². The van der Waals surface area contributed by atoms with Gasteiger partial charge >= 0.3 is 0 Å². The van der Waals surface area contributed by atoms with Crippen molar-refractivity contribution in [1.29, 1.82) is 0 Å². The molecule has 0 saturated carbocycles. The van der Waals surface area contributed by atoms with Crippen LogP contribution in [0.5, 0.6) is 0 Å². The summed E-state index contributed by atoms with van der Waals surface area (Å²) in [6.07, 6.45) is 0. The van der Waals surface area contributed by atoms with Gasteiger partial charge in [-0.3, -0.25) is 9.78 Å². The molecule has 2 aromatic heterocycles. The molecule has 0 N–H and O–H groups in total. The van der Waals surface area contributed by atoms with Crippen molar-refractivity contribution in [3.05, 3.63) is 52.4 Å². The van der Waals surface area contributed by atoms with Crippen LogP contribution in [-0.2, 0) is 6.54 Å². The maximum atomic E-state index is 13.0. The molecule has 0 fully saturated rings. The Morgan fingerprint density at radius 3 is 2.54 bits per heavy atom. The molecule has 0 aliphatic rings. The van der Waals surface area contributed by atoms with Crippen molar-refractivity contribution in [1.82, 2.24) is 20.1 Å². The number of aromatic nitrogens is 3. The first kappa shape index (κ1) is 16.1. The van der Waals surface area contributed by atoms with Gasteiger partial charge in [0.05, 0.1) is 17.6 Å². The summed E-state index contributed by atoms with van der Waals surface area (Å²) >= 11 is 0. The molecule has 124 valence electrons. The van der Waals surface area contributed by atoms with Gasteiger partial charge in [0.15, 0.2) is 0 Å². The fourth-order valence-electron chi connectivity index (χ4n) is 2.87. The van der Waals surface area contributed by atoms with Gasteiger partial charge in [-0.25, -0.2) is 0 Å². The van der Waals surface area contributed by atoms with Crippen LogP contribution in [-0.4, -0.2) is 33.0 Å². The van der Waals surface area contributed by atoms with Crippen molar-refractivity contribution in [2.45, 2.75) is 34.2 Å². The third kappa shape index (κ3) is 2.99. The van der Waals surface area contributed by atoms with Crippen LogP contribution in [0, 0.1) is 27.7 Å². The standard InChI is InChI=1S/C18H20N4O2/c1-10-6-11(2)17-14(7-10)15(8-12(3)19-17)18(23)22(5)9-16-21-20-13(4)24-16/h6-8H,9H2,1-5H3. The summed E-state index contributed by atoms with van der Waals surface area (Å²) in [7, 11) is 1.73. The molecule has 0 saturated heterocycles. The van der Waals surface area contributed by atoms with E-state index in [1.165, 1.54) is 0 Å². The topological polar surface area (TPSA) is 72.1 Å². The summed E-state index contributed by atoms with van der Waals surface area (Å²) in [6, 6.07) is 5.92. The zero-order chi connectivity index (χ0) is 17.4. The minimum absolute atomic E-state index is 0.0913. The molecule has 3 rings (SSSR count). The lowest BCUT2D eigenvalue weighted by molar-refractivity contribution is 0.0774. The normalized spacial score (nSPS) is 11.0. The maximum absolute atomic E-state index is 13.0. The van der Waals surface area contributed by atoms with Crippen molar-refractivity contribution < 1.29 is 9.21 Å². The quantitative estimate of drug-likeness (QED) is 0.740. The highest BCUT2D eigenvalue weighted by Crippen LogP contribution is 2.24. The molecular weight excluding hydrogens is 304 g/mol. The minimum atomic E-state index is -0.0913. The predicted octanol–water partition coefficient (Wildman–Crippen LogP) is 3.12. The lowest BCUT2D eigenvalue weighted by Gasteiger charge is -2.17. The monoisotopic (exact) mass is 324 g/mol. The Hall–Kier alpha value is -2.76.